The van der Waals surface area contributed by atoms with Crippen LogP contribution >= 0.6 is 11.3 Å². The van der Waals surface area contributed by atoms with Gasteiger partial charge in [0.2, 0.25) is 5.91 Å². The summed E-state index contributed by atoms with van der Waals surface area (Å²) in [5.41, 5.74) is 0.581. The Labute approximate surface area is 181 Å². The van der Waals surface area contributed by atoms with Crippen LogP contribution in [-0.2, 0) is 20.9 Å². The summed E-state index contributed by atoms with van der Waals surface area (Å²) in [7, 11) is 1.24. The van der Waals surface area contributed by atoms with Crippen LogP contribution in [-0.4, -0.2) is 46.9 Å². The number of carbonyl (C=O) groups is 4. The van der Waals surface area contributed by atoms with Crippen LogP contribution in [0.3, 0.4) is 0 Å². The van der Waals surface area contributed by atoms with Gasteiger partial charge in [0.05, 0.1) is 20.1 Å². The number of esters is 1. The Morgan fingerprint density at radius 1 is 1.35 bits per heavy atom. The van der Waals surface area contributed by atoms with E-state index < -0.39 is 35.7 Å². The van der Waals surface area contributed by atoms with E-state index in [9.17, 15) is 23.6 Å². The molecule has 31 heavy (non-hydrogen) atoms. The first kappa shape index (κ1) is 22.3. The molecule has 1 atom stereocenters. The molecule has 1 saturated heterocycles. The van der Waals surface area contributed by atoms with Gasteiger partial charge in [-0.25, -0.2) is 19.0 Å². The van der Waals surface area contributed by atoms with E-state index in [-0.39, 0.29) is 29.7 Å². The predicted molar refractivity (Wildman–Crippen MR) is 110 cm³/mol. The topological polar surface area (TPSA) is 118 Å². The molecule has 9 nitrogen and oxygen atoms in total. The number of hydrogen-bond donors (Lipinski definition) is 2. The molecule has 0 unspecified atom stereocenters. The standard InChI is InChI=1S/C20H21FN4O5S/c1-10(2)16-15(18(28)30-3)24-19(31-16)23-14(26)8-13-17(27)25(20(29)22-13)9-11-5-4-6-12(21)7-11/h4-7,10,13H,8-9H2,1-3H3,(H,22,29)(H,23,24,26)/t13-/m0/s1. The quantitative estimate of drug-likeness (QED) is 0.497. The Morgan fingerprint density at radius 2 is 2.10 bits per heavy atom. The first-order valence-electron chi connectivity index (χ1n) is 9.44. The molecule has 0 bridgehead atoms. The minimum Gasteiger partial charge on any atom is -0.464 e. The Bertz CT molecular complexity index is 1040. The summed E-state index contributed by atoms with van der Waals surface area (Å²) < 4.78 is 18.1. The van der Waals surface area contributed by atoms with Crippen molar-refractivity contribution < 1.29 is 28.3 Å². The van der Waals surface area contributed by atoms with Gasteiger partial charge in [-0.2, -0.15) is 0 Å². The van der Waals surface area contributed by atoms with Gasteiger partial charge >= 0.3 is 12.0 Å². The monoisotopic (exact) mass is 448 g/mol. The summed E-state index contributed by atoms with van der Waals surface area (Å²) in [6.07, 6.45) is -0.311. The molecule has 164 valence electrons. The molecule has 0 spiro atoms. The zero-order chi connectivity index (χ0) is 22.7. The molecule has 0 saturated carbocycles. The van der Waals surface area contributed by atoms with Crippen LogP contribution in [0.5, 0.6) is 0 Å². The number of rotatable bonds is 7. The smallest absolute Gasteiger partial charge is 0.357 e. The molecule has 1 fully saturated rings. The van der Waals surface area contributed by atoms with Gasteiger partial charge in [0.1, 0.15) is 11.9 Å². The second-order valence-electron chi connectivity index (χ2n) is 7.19. The second-order valence-corrected chi connectivity index (χ2v) is 8.22. The van der Waals surface area contributed by atoms with E-state index in [1.54, 1.807) is 6.07 Å². The molecule has 4 amide bonds. The zero-order valence-electron chi connectivity index (χ0n) is 17.1. The van der Waals surface area contributed by atoms with Crippen molar-refractivity contribution in [1.29, 1.82) is 0 Å². The Morgan fingerprint density at radius 3 is 2.74 bits per heavy atom. The summed E-state index contributed by atoms with van der Waals surface area (Å²) in [5, 5.41) is 5.22. The molecule has 3 rings (SSSR count). The van der Waals surface area contributed by atoms with Gasteiger partial charge in [-0.05, 0) is 23.6 Å². The number of halogens is 1. The van der Waals surface area contributed by atoms with Gasteiger partial charge in [0.15, 0.2) is 10.8 Å². The first-order chi connectivity index (χ1) is 14.7. The molecular formula is C20H21FN4O5S. The van der Waals surface area contributed by atoms with Gasteiger partial charge in [0.25, 0.3) is 5.91 Å². The van der Waals surface area contributed by atoms with E-state index in [1.165, 1.54) is 25.3 Å². The molecule has 0 aliphatic carbocycles. The number of amides is 4. The number of anilines is 1. The van der Waals surface area contributed by atoms with Crippen LogP contribution in [0, 0.1) is 5.82 Å². The van der Waals surface area contributed by atoms with Crippen molar-refractivity contribution in [2.75, 3.05) is 12.4 Å². The lowest BCUT2D eigenvalue weighted by Crippen LogP contribution is -2.34. The number of urea groups is 1. The largest absolute Gasteiger partial charge is 0.464 e. The van der Waals surface area contributed by atoms with Crippen molar-refractivity contribution in [3.8, 4) is 0 Å². The predicted octanol–water partition coefficient (Wildman–Crippen LogP) is 2.64. The van der Waals surface area contributed by atoms with E-state index in [2.05, 4.69) is 15.6 Å². The van der Waals surface area contributed by atoms with Crippen molar-refractivity contribution in [3.63, 3.8) is 0 Å². The molecular weight excluding hydrogens is 427 g/mol. The van der Waals surface area contributed by atoms with Crippen LogP contribution in [0.15, 0.2) is 24.3 Å². The number of nitrogens with one attached hydrogen (secondary N) is 2. The first-order valence-corrected chi connectivity index (χ1v) is 10.3. The van der Waals surface area contributed by atoms with Crippen LogP contribution in [0.4, 0.5) is 14.3 Å². The van der Waals surface area contributed by atoms with Crippen molar-refractivity contribution in [3.05, 3.63) is 46.2 Å². The van der Waals surface area contributed by atoms with Crippen molar-refractivity contribution in [2.45, 2.75) is 38.8 Å². The number of thiazole rings is 1. The Hall–Kier alpha value is -3.34. The average Bonchev–Trinajstić information content (AvgIpc) is 3.24. The molecule has 0 radical (unpaired) electrons. The third-order valence-electron chi connectivity index (χ3n) is 4.53. The average molecular weight is 448 g/mol. The highest BCUT2D eigenvalue weighted by atomic mass is 32.1. The fourth-order valence-corrected chi connectivity index (χ4v) is 4.03. The molecule has 2 aromatic rings. The molecule has 1 aromatic heterocycles. The summed E-state index contributed by atoms with van der Waals surface area (Å²) >= 11 is 1.14. The van der Waals surface area contributed by atoms with Crippen LogP contribution in [0.25, 0.3) is 0 Å². The van der Waals surface area contributed by atoms with E-state index in [1.807, 2.05) is 13.8 Å². The van der Waals surface area contributed by atoms with Gasteiger partial charge < -0.3 is 15.4 Å². The fraction of sp³-hybridized carbons (Fsp3) is 0.350. The van der Waals surface area contributed by atoms with E-state index >= 15 is 0 Å². The summed E-state index contributed by atoms with van der Waals surface area (Å²) in [5.74, 6) is -2.22. The maximum Gasteiger partial charge on any atom is 0.357 e. The van der Waals surface area contributed by atoms with E-state index in [0.29, 0.717) is 10.4 Å². The summed E-state index contributed by atoms with van der Waals surface area (Å²) in [6, 6.07) is 3.86. The summed E-state index contributed by atoms with van der Waals surface area (Å²) in [4.78, 5) is 54.8. The van der Waals surface area contributed by atoms with Gasteiger partial charge in [0, 0.05) is 4.88 Å². The molecule has 2 heterocycles. The maximum absolute atomic E-state index is 13.4. The lowest BCUT2D eigenvalue weighted by Gasteiger charge is -2.13. The van der Waals surface area contributed by atoms with E-state index in [0.717, 1.165) is 16.2 Å². The van der Waals surface area contributed by atoms with Crippen molar-refractivity contribution in [1.82, 2.24) is 15.2 Å². The third kappa shape index (κ3) is 5.05. The highest BCUT2D eigenvalue weighted by molar-refractivity contribution is 7.16. The number of benzene rings is 1. The fourth-order valence-electron chi connectivity index (χ4n) is 3.06. The number of carbonyl (C=O) groups excluding carboxylic acids is 4. The Balaban J connectivity index is 1.65. The maximum atomic E-state index is 13.4. The highest BCUT2D eigenvalue weighted by Crippen LogP contribution is 2.30. The normalized spacial score (nSPS) is 15.9. The third-order valence-corrected chi connectivity index (χ3v) is 5.80. The number of aromatic nitrogens is 1. The number of ether oxygens (including phenoxy) is 1. The number of imide groups is 1. The highest BCUT2D eigenvalue weighted by Gasteiger charge is 2.39. The number of hydrogen-bond acceptors (Lipinski definition) is 7. The minimum absolute atomic E-state index is 0.00988. The molecule has 1 aliphatic heterocycles. The summed E-state index contributed by atoms with van der Waals surface area (Å²) in [6.45, 7) is 3.66. The van der Waals surface area contributed by atoms with Crippen LogP contribution < -0.4 is 10.6 Å². The van der Waals surface area contributed by atoms with Crippen LogP contribution in [0.1, 0.15) is 47.1 Å². The molecule has 2 N–H and O–H groups in total. The van der Waals surface area contributed by atoms with Crippen molar-refractivity contribution in [2.24, 2.45) is 0 Å². The number of nitrogens with zero attached hydrogens (tertiary/aromatic N) is 2. The van der Waals surface area contributed by atoms with Crippen LogP contribution in [0.2, 0.25) is 0 Å². The van der Waals surface area contributed by atoms with Gasteiger partial charge in [-0.3, -0.25) is 14.5 Å². The molecule has 1 aromatic carbocycles. The Kier molecular flexibility index (Phi) is 6.64. The minimum atomic E-state index is -1.05. The number of methoxy groups -OCH3 is 1. The second kappa shape index (κ2) is 9.21. The molecule has 1 aliphatic rings. The van der Waals surface area contributed by atoms with Crippen molar-refractivity contribution >= 4 is 40.3 Å². The van der Waals surface area contributed by atoms with Gasteiger partial charge in [-0.15, -0.1) is 11.3 Å². The SMILES string of the molecule is COC(=O)c1nc(NC(=O)C[C@@H]2NC(=O)N(Cc3cccc(F)c3)C2=O)sc1C(C)C. The zero-order valence-corrected chi connectivity index (χ0v) is 17.9. The lowest BCUT2D eigenvalue weighted by atomic mass is 10.1. The lowest BCUT2D eigenvalue weighted by molar-refractivity contribution is -0.130. The van der Waals surface area contributed by atoms with Gasteiger partial charge in [-0.1, -0.05) is 26.0 Å². The van der Waals surface area contributed by atoms with E-state index in [4.69, 9.17) is 4.74 Å². The molecule has 11 heteroatoms.